The second-order valence-electron chi connectivity index (χ2n) is 7.26. The number of aryl methyl sites for hydroxylation is 1. The van der Waals surface area contributed by atoms with Gasteiger partial charge in [0.25, 0.3) is 0 Å². The van der Waals surface area contributed by atoms with E-state index in [1.807, 2.05) is 54.6 Å². The fourth-order valence-electron chi connectivity index (χ4n) is 3.99. The molecule has 4 rings (SSSR count). The quantitative estimate of drug-likeness (QED) is 0.809. The fourth-order valence-corrected chi connectivity index (χ4v) is 5.76. The maximum atomic E-state index is 13.0. The van der Waals surface area contributed by atoms with Crippen LogP contribution in [0, 0.1) is 5.92 Å². The molecule has 0 saturated carbocycles. The van der Waals surface area contributed by atoms with Crippen molar-refractivity contribution in [1.82, 2.24) is 0 Å². The summed E-state index contributed by atoms with van der Waals surface area (Å²) in [6, 6.07) is 17.4. The van der Waals surface area contributed by atoms with Gasteiger partial charge in [0.1, 0.15) is 0 Å². The Kier molecular flexibility index (Phi) is 4.87. The number of nitrogens with zero attached hydrogens (tertiary/aromatic N) is 1. The number of rotatable bonds is 4. The number of hydrogen-bond donors (Lipinski definition) is 0. The summed E-state index contributed by atoms with van der Waals surface area (Å²) in [5, 5.41) is 0. The molecular formula is C22H23NO3S. The first-order chi connectivity index (χ1) is 13.0. The number of allylic oxidation sites excluding steroid dienone is 1. The van der Waals surface area contributed by atoms with Gasteiger partial charge < -0.3 is 4.90 Å². The number of fused-ring (bicyclic) bond motifs is 1. The van der Waals surface area contributed by atoms with Crippen LogP contribution in [0.5, 0.6) is 0 Å². The average molecular weight is 381 g/mol. The SMILES string of the molecule is O=C1C(CS(=O)(=O)C2=Cc3ccccc3CC2)CCCN1c1ccccc1. The van der Waals surface area contributed by atoms with Gasteiger partial charge in [-0.2, -0.15) is 0 Å². The highest BCUT2D eigenvalue weighted by atomic mass is 32.2. The van der Waals surface area contributed by atoms with Crippen LogP contribution in [0.15, 0.2) is 59.5 Å². The molecule has 2 aromatic carbocycles. The van der Waals surface area contributed by atoms with Gasteiger partial charge in [0.15, 0.2) is 9.84 Å². The molecule has 0 aromatic heterocycles. The van der Waals surface area contributed by atoms with Crippen molar-refractivity contribution >= 4 is 27.5 Å². The molecule has 0 radical (unpaired) electrons. The predicted molar refractivity (Wildman–Crippen MR) is 108 cm³/mol. The summed E-state index contributed by atoms with van der Waals surface area (Å²) >= 11 is 0. The molecule has 1 saturated heterocycles. The summed E-state index contributed by atoms with van der Waals surface area (Å²) in [6.07, 6.45) is 4.49. The molecule has 1 aliphatic heterocycles. The summed E-state index contributed by atoms with van der Waals surface area (Å²) in [4.78, 5) is 15.1. The second kappa shape index (κ2) is 7.31. The van der Waals surface area contributed by atoms with Crippen molar-refractivity contribution in [3.63, 3.8) is 0 Å². The molecule has 5 heteroatoms. The summed E-state index contributed by atoms with van der Waals surface area (Å²) in [5.41, 5.74) is 3.00. The van der Waals surface area contributed by atoms with Crippen LogP contribution in [0.2, 0.25) is 0 Å². The molecule has 4 nitrogen and oxygen atoms in total. The van der Waals surface area contributed by atoms with E-state index < -0.39 is 15.8 Å². The molecule has 1 amide bonds. The molecular weight excluding hydrogens is 358 g/mol. The highest BCUT2D eigenvalue weighted by Gasteiger charge is 2.34. The minimum absolute atomic E-state index is 0.0761. The van der Waals surface area contributed by atoms with Crippen LogP contribution in [-0.2, 0) is 21.1 Å². The molecule has 0 spiro atoms. The number of carbonyl (C=O) groups excluding carboxylic acids is 1. The summed E-state index contributed by atoms with van der Waals surface area (Å²) < 4.78 is 26.0. The lowest BCUT2D eigenvalue weighted by Gasteiger charge is -2.32. The molecule has 1 fully saturated rings. The highest BCUT2D eigenvalue weighted by molar-refractivity contribution is 7.95. The first kappa shape index (κ1) is 18.0. The monoisotopic (exact) mass is 381 g/mol. The lowest BCUT2D eigenvalue weighted by molar-refractivity contribution is -0.123. The van der Waals surface area contributed by atoms with Crippen molar-refractivity contribution < 1.29 is 13.2 Å². The zero-order chi connectivity index (χ0) is 18.9. The van der Waals surface area contributed by atoms with E-state index in [0.29, 0.717) is 24.3 Å². The van der Waals surface area contributed by atoms with Gasteiger partial charge in [0.05, 0.1) is 11.7 Å². The van der Waals surface area contributed by atoms with Gasteiger partial charge in [-0.15, -0.1) is 0 Å². The second-order valence-corrected chi connectivity index (χ2v) is 9.34. The lowest BCUT2D eigenvalue weighted by Crippen LogP contribution is -2.43. The number of sulfone groups is 1. The number of anilines is 1. The van der Waals surface area contributed by atoms with Gasteiger partial charge in [-0.1, -0.05) is 42.5 Å². The van der Waals surface area contributed by atoms with Crippen molar-refractivity contribution in [2.24, 2.45) is 5.92 Å². The minimum atomic E-state index is -3.45. The van der Waals surface area contributed by atoms with Gasteiger partial charge in [-0.3, -0.25) is 4.79 Å². The highest BCUT2D eigenvalue weighted by Crippen LogP contribution is 2.31. The molecule has 1 heterocycles. The number of benzene rings is 2. The van der Waals surface area contributed by atoms with Crippen LogP contribution in [0.25, 0.3) is 6.08 Å². The summed E-state index contributed by atoms with van der Waals surface area (Å²) in [6.45, 7) is 0.648. The largest absolute Gasteiger partial charge is 0.312 e. The smallest absolute Gasteiger partial charge is 0.231 e. The van der Waals surface area contributed by atoms with Crippen LogP contribution in [0.3, 0.4) is 0 Å². The van der Waals surface area contributed by atoms with Gasteiger partial charge in [0, 0.05) is 17.1 Å². The molecule has 2 aliphatic rings. The standard InChI is InChI=1S/C22H23NO3S/c24-22-19(9-6-14-23(22)20-10-2-1-3-11-20)16-27(25,26)21-13-12-17-7-4-5-8-18(17)15-21/h1-5,7-8,10-11,15,19H,6,9,12-14,16H2. The Morgan fingerprint density at radius 3 is 2.52 bits per heavy atom. The van der Waals surface area contributed by atoms with E-state index in [-0.39, 0.29) is 11.7 Å². The molecule has 1 aliphatic carbocycles. The Labute approximate surface area is 160 Å². The first-order valence-electron chi connectivity index (χ1n) is 9.42. The molecule has 140 valence electrons. The number of carbonyl (C=O) groups is 1. The van der Waals surface area contributed by atoms with Gasteiger partial charge in [0.2, 0.25) is 5.91 Å². The maximum Gasteiger partial charge on any atom is 0.231 e. The zero-order valence-corrected chi connectivity index (χ0v) is 16.0. The van der Waals surface area contributed by atoms with E-state index in [0.717, 1.165) is 24.1 Å². The van der Waals surface area contributed by atoms with E-state index in [1.54, 1.807) is 11.0 Å². The Bertz CT molecular complexity index is 980. The van der Waals surface area contributed by atoms with Gasteiger partial charge in [-0.05, 0) is 55.0 Å². The van der Waals surface area contributed by atoms with E-state index in [2.05, 4.69) is 0 Å². The van der Waals surface area contributed by atoms with E-state index in [9.17, 15) is 13.2 Å². The summed E-state index contributed by atoms with van der Waals surface area (Å²) in [7, 11) is -3.45. The number of hydrogen-bond acceptors (Lipinski definition) is 3. The maximum absolute atomic E-state index is 13.0. The van der Waals surface area contributed by atoms with Crippen molar-refractivity contribution in [2.75, 3.05) is 17.2 Å². The molecule has 0 bridgehead atoms. The van der Waals surface area contributed by atoms with Crippen LogP contribution < -0.4 is 4.90 Å². The Morgan fingerprint density at radius 1 is 0.963 bits per heavy atom. The van der Waals surface area contributed by atoms with E-state index in [4.69, 9.17) is 0 Å². The molecule has 0 N–H and O–H groups in total. The van der Waals surface area contributed by atoms with Crippen molar-refractivity contribution in [3.05, 3.63) is 70.6 Å². The predicted octanol–water partition coefficient (Wildman–Crippen LogP) is 3.83. The average Bonchev–Trinajstić information content (AvgIpc) is 2.70. The minimum Gasteiger partial charge on any atom is -0.312 e. The number of piperidine rings is 1. The normalized spacial score (nSPS) is 20.1. The van der Waals surface area contributed by atoms with Crippen LogP contribution in [0.1, 0.15) is 30.4 Å². The topological polar surface area (TPSA) is 54.5 Å². The lowest BCUT2D eigenvalue weighted by atomic mass is 9.97. The Morgan fingerprint density at radius 2 is 1.70 bits per heavy atom. The number of amides is 1. The Hall–Kier alpha value is -2.40. The molecule has 1 unspecified atom stereocenters. The molecule has 2 aromatic rings. The van der Waals surface area contributed by atoms with Crippen LogP contribution in [0.4, 0.5) is 5.69 Å². The number of para-hydroxylation sites is 1. The van der Waals surface area contributed by atoms with Gasteiger partial charge in [-0.25, -0.2) is 8.42 Å². The first-order valence-corrected chi connectivity index (χ1v) is 11.1. The van der Waals surface area contributed by atoms with E-state index >= 15 is 0 Å². The van der Waals surface area contributed by atoms with Gasteiger partial charge >= 0.3 is 0 Å². The molecule has 27 heavy (non-hydrogen) atoms. The Balaban J connectivity index is 1.54. The van der Waals surface area contributed by atoms with Crippen molar-refractivity contribution in [3.8, 4) is 0 Å². The third kappa shape index (κ3) is 3.69. The van der Waals surface area contributed by atoms with Crippen molar-refractivity contribution in [2.45, 2.75) is 25.7 Å². The molecule has 1 atom stereocenters. The van der Waals surface area contributed by atoms with Crippen LogP contribution in [-0.4, -0.2) is 26.6 Å². The third-order valence-corrected chi connectivity index (χ3v) is 7.41. The van der Waals surface area contributed by atoms with Crippen molar-refractivity contribution in [1.29, 1.82) is 0 Å². The fraction of sp³-hybridized carbons (Fsp3) is 0.318. The zero-order valence-electron chi connectivity index (χ0n) is 15.2. The third-order valence-electron chi connectivity index (χ3n) is 5.45. The van der Waals surface area contributed by atoms with E-state index in [1.165, 1.54) is 5.56 Å². The van der Waals surface area contributed by atoms with Crippen LogP contribution >= 0.6 is 0 Å². The summed E-state index contributed by atoms with van der Waals surface area (Å²) in [5.74, 6) is -0.641.